The number of hydrogen-bond donors (Lipinski definition) is 0. The van der Waals surface area contributed by atoms with Gasteiger partial charge in [-0.1, -0.05) is 24.3 Å². The Morgan fingerprint density at radius 1 is 1.18 bits per heavy atom. The van der Waals surface area contributed by atoms with Crippen molar-refractivity contribution in [3.63, 3.8) is 0 Å². The van der Waals surface area contributed by atoms with E-state index in [0.29, 0.717) is 6.04 Å². The third-order valence-corrected chi connectivity index (χ3v) is 6.02. The topological polar surface area (TPSA) is 19.4 Å². The van der Waals surface area contributed by atoms with E-state index in [9.17, 15) is 0 Å². The first kappa shape index (κ1) is 14.2. The van der Waals surface area contributed by atoms with Crippen molar-refractivity contribution in [1.82, 2.24) is 9.88 Å². The van der Waals surface area contributed by atoms with E-state index in [1.54, 1.807) is 0 Å². The molecular weight excluding hydrogens is 290 g/mol. The Kier molecular flexibility index (Phi) is 3.89. The molecule has 1 aliphatic carbocycles. The monoisotopic (exact) mass is 313 g/mol. The van der Waals surface area contributed by atoms with Gasteiger partial charge in [-0.15, -0.1) is 11.3 Å². The van der Waals surface area contributed by atoms with Gasteiger partial charge in [-0.05, 0) is 43.9 Å². The molecule has 0 radical (unpaired) electrons. The maximum absolute atomic E-state index is 4.64. The number of fused-ring (bicyclic) bond motifs is 1. The highest BCUT2D eigenvalue weighted by atomic mass is 32.1. The van der Waals surface area contributed by atoms with Crippen LogP contribution in [0.4, 0.5) is 5.13 Å². The summed E-state index contributed by atoms with van der Waals surface area (Å²) in [6.07, 6.45) is 7.08. The standard InChI is InChI=1S/C18H23N3S/c1-20(16-10-14-6-2-3-7-15(14)11-16)13-17-12-19-18(22-17)21-8-4-5-9-21/h2-3,6-7,12,16H,4-5,8-11,13H2,1H3. The van der Waals surface area contributed by atoms with Crippen LogP contribution in [-0.2, 0) is 19.4 Å². The van der Waals surface area contributed by atoms with Crippen LogP contribution in [0, 0.1) is 0 Å². The lowest BCUT2D eigenvalue weighted by Crippen LogP contribution is -2.31. The third kappa shape index (κ3) is 2.77. The molecule has 0 amide bonds. The van der Waals surface area contributed by atoms with E-state index in [4.69, 9.17) is 0 Å². The molecular formula is C18H23N3S. The SMILES string of the molecule is CN(Cc1cnc(N2CCCC2)s1)C1Cc2ccccc2C1. The zero-order chi connectivity index (χ0) is 14.9. The van der Waals surface area contributed by atoms with Gasteiger partial charge in [0, 0.05) is 36.8 Å². The molecule has 2 aliphatic rings. The Morgan fingerprint density at radius 3 is 2.55 bits per heavy atom. The van der Waals surface area contributed by atoms with Crippen molar-refractivity contribution in [3.8, 4) is 0 Å². The Balaban J connectivity index is 1.39. The Morgan fingerprint density at radius 2 is 1.86 bits per heavy atom. The minimum atomic E-state index is 0.634. The first-order valence-corrected chi connectivity index (χ1v) is 9.08. The van der Waals surface area contributed by atoms with Gasteiger partial charge in [0.05, 0.1) is 0 Å². The van der Waals surface area contributed by atoms with Gasteiger partial charge in [-0.25, -0.2) is 4.98 Å². The second-order valence-corrected chi connectivity index (χ2v) is 7.64. The molecule has 4 heteroatoms. The molecule has 3 nitrogen and oxygen atoms in total. The van der Waals surface area contributed by atoms with Crippen LogP contribution in [-0.4, -0.2) is 36.1 Å². The fourth-order valence-corrected chi connectivity index (χ4v) is 4.67. The molecule has 0 bridgehead atoms. The van der Waals surface area contributed by atoms with Crippen molar-refractivity contribution in [2.75, 3.05) is 25.0 Å². The summed E-state index contributed by atoms with van der Waals surface area (Å²) in [6, 6.07) is 9.51. The van der Waals surface area contributed by atoms with Crippen molar-refractivity contribution in [1.29, 1.82) is 0 Å². The van der Waals surface area contributed by atoms with Gasteiger partial charge in [0.25, 0.3) is 0 Å². The molecule has 0 saturated carbocycles. The van der Waals surface area contributed by atoms with Gasteiger partial charge in [0.15, 0.2) is 5.13 Å². The molecule has 1 aliphatic heterocycles. The number of anilines is 1. The Labute approximate surface area is 136 Å². The smallest absolute Gasteiger partial charge is 0.185 e. The molecule has 22 heavy (non-hydrogen) atoms. The summed E-state index contributed by atoms with van der Waals surface area (Å²) in [4.78, 5) is 11.0. The maximum atomic E-state index is 4.64. The first-order chi connectivity index (χ1) is 10.8. The van der Waals surface area contributed by atoms with E-state index in [1.807, 2.05) is 11.3 Å². The average Bonchev–Trinajstić information content (AvgIpc) is 3.26. The van der Waals surface area contributed by atoms with E-state index in [-0.39, 0.29) is 0 Å². The largest absolute Gasteiger partial charge is 0.348 e. The Hall–Kier alpha value is -1.39. The predicted molar refractivity (Wildman–Crippen MR) is 92.7 cm³/mol. The van der Waals surface area contributed by atoms with E-state index in [0.717, 1.165) is 6.54 Å². The van der Waals surface area contributed by atoms with Crippen molar-refractivity contribution >= 4 is 16.5 Å². The lowest BCUT2D eigenvalue weighted by atomic mass is 10.1. The third-order valence-electron chi connectivity index (χ3n) is 4.98. The van der Waals surface area contributed by atoms with Crippen LogP contribution in [0.25, 0.3) is 0 Å². The zero-order valence-electron chi connectivity index (χ0n) is 13.2. The fraction of sp³-hybridized carbons (Fsp3) is 0.500. The van der Waals surface area contributed by atoms with Crippen LogP contribution >= 0.6 is 11.3 Å². The number of aromatic nitrogens is 1. The van der Waals surface area contributed by atoms with Gasteiger partial charge in [-0.3, -0.25) is 4.90 Å². The maximum Gasteiger partial charge on any atom is 0.185 e. The van der Waals surface area contributed by atoms with Gasteiger partial charge in [0.2, 0.25) is 0 Å². The molecule has 1 aromatic heterocycles. The van der Waals surface area contributed by atoms with E-state index in [1.165, 1.54) is 59.9 Å². The van der Waals surface area contributed by atoms with Crippen LogP contribution in [0.1, 0.15) is 28.8 Å². The number of rotatable bonds is 4. The molecule has 116 valence electrons. The predicted octanol–water partition coefficient (Wildman–Crippen LogP) is 3.34. The van der Waals surface area contributed by atoms with Crippen molar-refractivity contribution in [2.45, 2.75) is 38.3 Å². The summed E-state index contributed by atoms with van der Waals surface area (Å²) >= 11 is 1.87. The minimum absolute atomic E-state index is 0.634. The van der Waals surface area contributed by atoms with Crippen molar-refractivity contribution in [3.05, 3.63) is 46.5 Å². The molecule has 0 unspecified atom stereocenters. The van der Waals surface area contributed by atoms with Crippen LogP contribution in [0.15, 0.2) is 30.5 Å². The van der Waals surface area contributed by atoms with Crippen LogP contribution in [0.5, 0.6) is 0 Å². The molecule has 0 atom stereocenters. The van der Waals surface area contributed by atoms with Crippen molar-refractivity contribution in [2.24, 2.45) is 0 Å². The first-order valence-electron chi connectivity index (χ1n) is 8.26. The van der Waals surface area contributed by atoms with E-state index >= 15 is 0 Å². The normalized spacial score (nSPS) is 18.4. The number of nitrogens with zero attached hydrogens (tertiary/aromatic N) is 3. The summed E-state index contributed by atoms with van der Waals surface area (Å²) < 4.78 is 0. The summed E-state index contributed by atoms with van der Waals surface area (Å²) in [6.45, 7) is 3.38. The summed E-state index contributed by atoms with van der Waals surface area (Å²) in [5.41, 5.74) is 3.06. The average molecular weight is 313 g/mol. The van der Waals surface area contributed by atoms with Gasteiger partial charge in [0.1, 0.15) is 0 Å². The highest BCUT2D eigenvalue weighted by Crippen LogP contribution is 2.29. The molecule has 0 N–H and O–H groups in total. The van der Waals surface area contributed by atoms with Crippen LogP contribution in [0.3, 0.4) is 0 Å². The number of thiazole rings is 1. The molecule has 0 spiro atoms. The highest BCUT2D eigenvalue weighted by Gasteiger charge is 2.25. The molecule has 1 saturated heterocycles. The second-order valence-electron chi connectivity index (χ2n) is 6.55. The lowest BCUT2D eigenvalue weighted by molar-refractivity contribution is 0.243. The fourth-order valence-electron chi connectivity index (χ4n) is 3.65. The highest BCUT2D eigenvalue weighted by molar-refractivity contribution is 7.15. The van der Waals surface area contributed by atoms with Gasteiger partial charge < -0.3 is 4.90 Å². The van der Waals surface area contributed by atoms with Crippen LogP contribution < -0.4 is 4.90 Å². The Bertz CT molecular complexity index is 620. The molecule has 1 fully saturated rings. The van der Waals surface area contributed by atoms with E-state index < -0.39 is 0 Å². The minimum Gasteiger partial charge on any atom is -0.348 e. The quantitative estimate of drug-likeness (QED) is 0.863. The molecule has 2 heterocycles. The zero-order valence-corrected chi connectivity index (χ0v) is 14.0. The van der Waals surface area contributed by atoms with Gasteiger partial charge in [-0.2, -0.15) is 0 Å². The van der Waals surface area contributed by atoms with Gasteiger partial charge >= 0.3 is 0 Å². The molecule has 2 aromatic rings. The van der Waals surface area contributed by atoms with Crippen LogP contribution in [0.2, 0.25) is 0 Å². The number of benzene rings is 1. The number of hydrogen-bond acceptors (Lipinski definition) is 4. The molecule has 4 rings (SSSR count). The number of likely N-dealkylation sites (N-methyl/N-ethyl adjacent to an activating group) is 1. The van der Waals surface area contributed by atoms with Crippen molar-refractivity contribution < 1.29 is 0 Å². The lowest BCUT2D eigenvalue weighted by Gasteiger charge is -2.23. The summed E-state index contributed by atoms with van der Waals surface area (Å²) in [7, 11) is 2.26. The second kappa shape index (κ2) is 6.01. The molecule has 1 aromatic carbocycles. The van der Waals surface area contributed by atoms with E-state index in [2.05, 4.69) is 52.3 Å². The summed E-state index contributed by atoms with van der Waals surface area (Å²) in [5, 5.41) is 1.22. The summed E-state index contributed by atoms with van der Waals surface area (Å²) in [5.74, 6) is 0.